The number of hydrogen-bond donors (Lipinski definition) is 2. The van der Waals surface area contributed by atoms with Crippen LogP contribution in [0.3, 0.4) is 0 Å². The van der Waals surface area contributed by atoms with Crippen molar-refractivity contribution in [3.8, 4) is 0 Å². The van der Waals surface area contributed by atoms with Gasteiger partial charge in [0, 0.05) is 17.6 Å². The SMILES string of the molecule is O=C(Nc1ccc(F)cc1F)C(=O)Nc1cccc2cccnc12. The number of halogens is 2. The van der Waals surface area contributed by atoms with Gasteiger partial charge in [-0.2, -0.15) is 0 Å². The van der Waals surface area contributed by atoms with Crippen molar-refractivity contribution in [2.75, 3.05) is 10.6 Å². The number of pyridine rings is 1. The number of rotatable bonds is 2. The second kappa shape index (κ2) is 6.41. The van der Waals surface area contributed by atoms with Crippen LogP contribution in [0.25, 0.3) is 10.9 Å². The van der Waals surface area contributed by atoms with Crippen LogP contribution in [0, 0.1) is 11.6 Å². The van der Waals surface area contributed by atoms with Gasteiger partial charge in [-0.3, -0.25) is 14.6 Å². The first-order chi connectivity index (χ1) is 11.5. The number of amides is 2. The second-order valence-corrected chi connectivity index (χ2v) is 4.91. The van der Waals surface area contributed by atoms with Crippen LogP contribution < -0.4 is 10.6 Å². The van der Waals surface area contributed by atoms with Gasteiger partial charge in [-0.15, -0.1) is 0 Å². The van der Waals surface area contributed by atoms with E-state index in [9.17, 15) is 18.4 Å². The number of nitrogens with one attached hydrogen (secondary N) is 2. The number of nitrogens with zero attached hydrogens (tertiary/aromatic N) is 1. The number of fused-ring (bicyclic) bond motifs is 1. The van der Waals surface area contributed by atoms with Crippen molar-refractivity contribution < 1.29 is 18.4 Å². The number of anilines is 2. The Morgan fingerprint density at radius 1 is 0.875 bits per heavy atom. The van der Waals surface area contributed by atoms with Gasteiger partial charge in [0.25, 0.3) is 0 Å². The molecule has 24 heavy (non-hydrogen) atoms. The van der Waals surface area contributed by atoms with Crippen LogP contribution in [0.15, 0.2) is 54.7 Å². The number of carbonyl (C=O) groups excluding carboxylic acids is 2. The van der Waals surface area contributed by atoms with Crippen molar-refractivity contribution in [1.82, 2.24) is 4.98 Å². The molecule has 0 fully saturated rings. The second-order valence-electron chi connectivity index (χ2n) is 4.91. The van der Waals surface area contributed by atoms with Crippen LogP contribution in [-0.4, -0.2) is 16.8 Å². The van der Waals surface area contributed by atoms with E-state index >= 15 is 0 Å². The molecule has 0 aliphatic rings. The fourth-order valence-electron chi connectivity index (χ4n) is 2.15. The molecular formula is C17H11F2N3O2. The fourth-order valence-corrected chi connectivity index (χ4v) is 2.15. The Balaban J connectivity index is 1.77. The third kappa shape index (κ3) is 3.19. The van der Waals surface area contributed by atoms with Gasteiger partial charge in [0.15, 0.2) is 0 Å². The Morgan fingerprint density at radius 3 is 2.33 bits per heavy atom. The molecule has 0 saturated heterocycles. The van der Waals surface area contributed by atoms with E-state index in [0.717, 1.165) is 17.5 Å². The first-order valence-electron chi connectivity index (χ1n) is 6.96. The molecule has 7 heteroatoms. The lowest BCUT2D eigenvalue weighted by Crippen LogP contribution is -2.29. The van der Waals surface area contributed by atoms with E-state index < -0.39 is 23.4 Å². The van der Waals surface area contributed by atoms with Gasteiger partial charge in [-0.05, 0) is 24.3 Å². The highest BCUT2D eigenvalue weighted by molar-refractivity contribution is 6.44. The molecule has 0 saturated carbocycles. The molecule has 0 unspecified atom stereocenters. The molecule has 5 nitrogen and oxygen atoms in total. The normalized spacial score (nSPS) is 10.4. The number of aromatic nitrogens is 1. The van der Waals surface area contributed by atoms with Crippen LogP contribution in [0.2, 0.25) is 0 Å². The molecule has 3 rings (SSSR count). The first kappa shape index (κ1) is 15.5. The highest BCUT2D eigenvalue weighted by Crippen LogP contribution is 2.21. The number of benzene rings is 2. The summed E-state index contributed by atoms with van der Waals surface area (Å²) in [4.78, 5) is 28.0. The minimum atomic E-state index is -1.08. The quantitative estimate of drug-likeness (QED) is 0.711. The molecule has 1 aromatic heterocycles. The van der Waals surface area contributed by atoms with Gasteiger partial charge < -0.3 is 10.6 Å². The summed E-state index contributed by atoms with van der Waals surface area (Å²) >= 11 is 0. The van der Waals surface area contributed by atoms with Crippen LogP contribution >= 0.6 is 0 Å². The summed E-state index contributed by atoms with van der Waals surface area (Å²) in [5.74, 6) is -3.81. The average Bonchev–Trinajstić information content (AvgIpc) is 2.57. The number of carbonyl (C=O) groups is 2. The van der Waals surface area contributed by atoms with Gasteiger partial charge >= 0.3 is 11.8 Å². The molecule has 0 spiro atoms. The predicted molar refractivity (Wildman–Crippen MR) is 85.4 cm³/mol. The Labute approximate surface area is 135 Å². The van der Waals surface area contributed by atoms with E-state index in [2.05, 4.69) is 15.6 Å². The Morgan fingerprint density at radius 2 is 1.58 bits per heavy atom. The largest absolute Gasteiger partial charge is 0.316 e. The maximum Gasteiger partial charge on any atom is 0.314 e. The predicted octanol–water partition coefficient (Wildman–Crippen LogP) is 3.09. The topological polar surface area (TPSA) is 71.1 Å². The highest BCUT2D eigenvalue weighted by atomic mass is 19.1. The summed E-state index contributed by atoms with van der Waals surface area (Å²) in [6.45, 7) is 0. The van der Waals surface area contributed by atoms with Crippen molar-refractivity contribution in [3.05, 3.63) is 66.4 Å². The zero-order chi connectivity index (χ0) is 17.1. The summed E-state index contributed by atoms with van der Waals surface area (Å²) in [5.41, 5.74) is 0.592. The van der Waals surface area contributed by atoms with Crippen molar-refractivity contribution >= 4 is 34.1 Å². The summed E-state index contributed by atoms with van der Waals surface area (Å²) in [7, 11) is 0. The third-order valence-corrected chi connectivity index (χ3v) is 3.27. The van der Waals surface area contributed by atoms with Crippen molar-refractivity contribution in [2.45, 2.75) is 0 Å². The van der Waals surface area contributed by atoms with E-state index in [1.807, 2.05) is 12.1 Å². The number of hydrogen-bond acceptors (Lipinski definition) is 3. The summed E-state index contributed by atoms with van der Waals surface area (Å²) in [6, 6.07) is 11.3. The van der Waals surface area contributed by atoms with Crippen molar-refractivity contribution in [1.29, 1.82) is 0 Å². The van der Waals surface area contributed by atoms with Gasteiger partial charge in [-0.1, -0.05) is 18.2 Å². The van der Waals surface area contributed by atoms with E-state index in [1.165, 1.54) is 0 Å². The minimum Gasteiger partial charge on any atom is -0.316 e. The lowest BCUT2D eigenvalue weighted by Gasteiger charge is -2.09. The van der Waals surface area contributed by atoms with Gasteiger partial charge in [0.1, 0.15) is 11.6 Å². The summed E-state index contributed by atoms with van der Waals surface area (Å²) in [5, 5.41) is 5.31. The Kier molecular flexibility index (Phi) is 4.15. The molecular weight excluding hydrogens is 316 g/mol. The Hall–Kier alpha value is -3.35. The lowest BCUT2D eigenvalue weighted by atomic mass is 10.2. The molecule has 0 aliphatic carbocycles. The number of para-hydroxylation sites is 1. The fraction of sp³-hybridized carbons (Fsp3) is 0. The standard InChI is InChI=1S/C17H11F2N3O2/c18-11-6-7-13(12(19)9-11)21-16(23)17(24)22-14-5-1-3-10-4-2-8-20-15(10)14/h1-9H,(H,21,23)(H,22,24). The van der Waals surface area contributed by atoms with E-state index in [1.54, 1.807) is 24.4 Å². The van der Waals surface area contributed by atoms with Crippen LogP contribution in [0.4, 0.5) is 20.2 Å². The third-order valence-electron chi connectivity index (χ3n) is 3.27. The van der Waals surface area contributed by atoms with E-state index in [4.69, 9.17) is 0 Å². The van der Waals surface area contributed by atoms with Crippen molar-refractivity contribution in [3.63, 3.8) is 0 Å². The van der Waals surface area contributed by atoms with Crippen molar-refractivity contribution in [2.24, 2.45) is 0 Å². The Bertz CT molecular complexity index is 939. The van der Waals surface area contributed by atoms with Gasteiger partial charge in [0.05, 0.1) is 16.9 Å². The molecule has 2 aromatic carbocycles. The van der Waals surface area contributed by atoms with Crippen LogP contribution in [-0.2, 0) is 9.59 Å². The summed E-state index contributed by atoms with van der Waals surface area (Å²) in [6.07, 6.45) is 1.56. The molecule has 120 valence electrons. The smallest absolute Gasteiger partial charge is 0.314 e. The summed E-state index contributed by atoms with van der Waals surface area (Å²) < 4.78 is 26.4. The molecule has 2 N–H and O–H groups in total. The van der Waals surface area contributed by atoms with E-state index in [0.29, 0.717) is 17.3 Å². The first-order valence-corrected chi connectivity index (χ1v) is 6.96. The molecule has 0 radical (unpaired) electrons. The molecule has 1 heterocycles. The maximum atomic E-state index is 13.5. The van der Waals surface area contributed by atoms with E-state index in [-0.39, 0.29) is 5.69 Å². The maximum absolute atomic E-state index is 13.5. The zero-order valence-corrected chi connectivity index (χ0v) is 12.2. The highest BCUT2D eigenvalue weighted by Gasteiger charge is 2.17. The van der Waals surface area contributed by atoms with Gasteiger partial charge in [-0.25, -0.2) is 8.78 Å². The molecule has 0 aliphatic heterocycles. The monoisotopic (exact) mass is 327 g/mol. The lowest BCUT2D eigenvalue weighted by molar-refractivity contribution is -0.133. The average molecular weight is 327 g/mol. The van der Waals surface area contributed by atoms with Crippen LogP contribution in [0.1, 0.15) is 0 Å². The molecule has 2 amide bonds. The molecule has 3 aromatic rings. The zero-order valence-electron chi connectivity index (χ0n) is 12.2. The molecule has 0 atom stereocenters. The molecule has 0 bridgehead atoms. The van der Waals surface area contributed by atoms with Crippen LogP contribution in [0.5, 0.6) is 0 Å². The minimum absolute atomic E-state index is 0.285. The van der Waals surface area contributed by atoms with Gasteiger partial charge in [0.2, 0.25) is 0 Å².